The number of aliphatic hydroxyl groups excluding tert-OH is 1. The Balaban J connectivity index is 2.88. The molecule has 0 spiro atoms. The summed E-state index contributed by atoms with van der Waals surface area (Å²) in [5, 5.41) is 8.84. The summed E-state index contributed by atoms with van der Waals surface area (Å²) in [6, 6.07) is 4.61. The molecule has 0 aliphatic carbocycles. The molecule has 1 unspecified atom stereocenters. The van der Waals surface area contributed by atoms with Crippen LogP contribution in [0.1, 0.15) is 18.4 Å². The van der Waals surface area contributed by atoms with Crippen LogP contribution in [-0.4, -0.2) is 18.3 Å². The molecular formula is C11H14FO2. The fraction of sp³-hybridized carbons (Fsp3) is 0.364. The molecule has 0 saturated carbocycles. The SMILES string of the molecule is [CH2]C(CO)c1ccc(OCC)c(F)c1. The topological polar surface area (TPSA) is 29.5 Å². The number of hydrogen-bond donors (Lipinski definition) is 1. The van der Waals surface area contributed by atoms with Gasteiger partial charge in [0.2, 0.25) is 0 Å². The summed E-state index contributed by atoms with van der Waals surface area (Å²) in [4.78, 5) is 0. The van der Waals surface area contributed by atoms with Crippen LogP contribution < -0.4 is 4.74 Å². The van der Waals surface area contributed by atoms with E-state index in [1.807, 2.05) is 0 Å². The third-order valence-corrected chi connectivity index (χ3v) is 1.95. The third kappa shape index (κ3) is 2.45. The van der Waals surface area contributed by atoms with Crippen molar-refractivity contribution in [3.05, 3.63) is 36.5 Å². The van der Waals surface area contributed by atoms with Crippen molar-refractivity contribution in [2.45, 2.75) is 12.8 Å². The predicted molar refractivity (Wildman–Crippen MR) is 52.8 cm³/mol. The van der Waals surface area contributed by atoms with Crippen LogP contribution in [0.3, 0.4) is 0 Å². The van der Waals surface area contributed by atoms with Crippen LogP contribution in [0.2, 0.25) is 0 Å². The quantitative estimate of drug-likeness (QED) is 0.801. The molecule has 14 heavy (non-hydrogen) atoms. The molecule has 0 aliphatic rings. The molecule has 77 valence electrons. The van der Waals surface area contributed by atoms with Gasteiger partial charge in [-0.05, 0) is 31.5 Å². The number of ether oxygens (including phenoxy) is 1. The van der Waals surface area contributed by atoms with Crippen molar-refractivity contribution in [3.8, 4) is 5.75 Å². The molecule has 1 atom stereocenters. The van der Waals surface area contributed by atoms with E-state index in [1.54, 1.807) is 19.1 Å². The van der Waals surface area contributed by atoms with E-state index in [9.17, 15) is 4.39 Å². The van der Waals surface area contributed by atoms with Crippen molar-refractivity contribution in [2.24, 2.45) is 0 Å². The molecule has 1 radical (unpaired) electrons. The molecule has 0 heterocycles. The lowest BCUT2D eigenvalue weighted by atomic mass is 10.0. The van der Waals surface area contributed by atoms with Gasteiger partial charge >= 0.3 is 0 Å². The average Bonchev–Trinajstić information content (AvgIpc) is 2.20. The molecule has 0 fully saturated rings. The molecule has 1 N–H and O–H groups in total. The largest absolute Gasteiger partial charge is 0.491 e. The minimum absolute atomic E-state index is 0.0899. The third-order valence-electron chi connectivity index (χ3n) is 1.95. The fourth-order valence-electron chi connectivity index (χ4n) is 1.15. The van der Waals surface area contributed by atoms with Crippen molar-refractivity contribution < 1.29 is 14.2 Å². The monoisotopic (exact) mass is 197 g/mol. The van der Waals surface area contributed by atoms with Gasteiger partial charge in [0, 0.05) is 12.5 Å². The van der Waals surface area contributed by atoms with Crippen molar-refractivity contribution in [1.29, 1.82) is 0 Å². The summed E-state index contributed by atoms with van der Waals surface area (Å²) in [6.45, 7) is 5.83. The van der Waals surface area contributed by atoms with E-state index in [2.05, 4.69) is 6.92 Å². The van der Waals surface area contributed by atoms with E-state index in [-0.39, 0.29) is 18.3 Å². The first kappa shape index (κ1) is 11.0. The van der Waals surface area contributed by atoms with Crippen LogP contribution in [0.25, 0.3) is 0 Å². The van der Waals surface area contributed by atoms with E-state index in [4.69, 9.17) is 9.84 Å². The first-order valence-electron chi connectivity index (χ1n) is 4.55. The van der Waals surface area contributed by atoms with Crippen LogP contribution in [0.4, 0.5) is 4.39 Å². The summed E-state index contributed by atoms with van der Waals surface area (Å²) in [5.41, 5.74) is 0.674. The Kier molecular flexibility index (Phi) is 3.89. The lowest BCUT2D eigenvalue weighted by Gasteiger charge is -2.10. The summed E-state index contributed by atoms with van der Waals surface area (Å²) in [7, 11) is 0. The van der Waals surface area contributed by atoms with Crippen molar-refractivity contribution >= 4 is 0 Å². The Morgan fingerprint density at radius 3 is 2.79 bits per heavy atom. The number of benzene rings is 1. The Labute approximate surface area is 83.3 Å². The minimum atomic E-state index is -0.411. The van der Waals surface area contributed by atoms with E-state index in [0.717, 1.165) is 0 Å². The maximum Gasteiger partial charge on any atom is 0.165 e. The highest BCUT2D eigenvalue weighted by Gasteiger charge is 2.08. The molecular weight excluding hydrogens is 183 g/mol. The standard InChI is InChI=1S/C11H14FO2/c1-3-14-11-5-4-9(6-10(11)12)8(2)7-13/h4-6,8,13H,2-3,7H2,1H3. The highest BCUT2D eigenvalue weighted by molar-refractivity contribution is 5.31. The molecule has 0 aliphatic heterocycles. The zero-order valence-electron chi connectivity index (χ0n) is 8.16. The maximum atomic E-state index is 13.3. The molecule has 1 rings (SSSR count). The lowest BCUT2D eigenvalue weighted by molar-refractivity contribution is 0.282. The van der Waals surface area contributed by atoms with Crippen LogP contribution >= 0.6 is 0 Å². The first-order chi connectivity index (χ1) is 6.69. The van der Waals surface area contributed by atoms with Crippen LogP contribution in [-0.2, 0) is 0 Å². The fourth-order valence-corrected chi connectivity index (χ4v) is 1.15. The molecule has 0 amide bonds. The Bertz CT molecular complexity index is 299. The van der Waals surface area contributed by atoms with Crippen molar-refractivity contribution in [1.82, 2.24) is 0 Å². The number of rotatable bonds is 4. The summed E-state index contributed by atoms with van der Waals surface area (Å²) in [6.07, 6.45) is 0. The summed E-state index contributed by atoms with van der Waals surface area (Å²) < 4.78 is 18.3. The van der Waals surface area contributed by atoms with E-state index in [0.29, 0.717) is 12.2 Å². The second-order valence-corrected chi connectivity index (χ2v) is 3.00. The van der Waals surface area contributed by atoms with Crippen molar-refractivity contribution in [2.75, 3.05) is 13.2 Å². The Morgan fingerprint density at radius 1 is 1.57 bits per heavy atom. The predicted octanol–water partition coefficient (Wildman–Crippen LogP) is 2.13. The van der Waals surface area contributed by atoms with E-state index < -0.39 is 5.82 Å². The van der Waals surface area contributed by atoms with Gasteiger partial charge in [-0.25, -0.2) is 4.39 Å². The maximum absolute atomic E-state index is 13.3. The van der Waals surface area contributed by atoms with Crippen LogP contribution in [0, 0.1) is 12.7 Å². The Hall–Kier alpha value is -1.09. The highest BCUT2D eigenvalue weighted by Crippen LogP contribution is 2.22. The zero-order chi connectivity index (χ0) is 10.6. The van der Waals surface area contributed by atoms with Gasteiger partial charge in [0.1, 0.15) is 0 Å². The first-order valence-corrected chi connectivity index (χ1v) is 4.55. The van der Waals surface area contributed by atoms with Gasteiger partial charge in [-0.3, -0.25) is 0 Å². The number of halogens is 1. The van der Waals surface area contributed by atoms with Crippen LogP contribution in [0.5, 0.6) is 5.75 Å². The molecule has 0 saturated heterocycles. The normalized spacial score (nSPS) is 12.6. The Morgan fingerprint density at radius 2 is 2.29 bits per heavy atom. The average molecular weight is 197 g/mol. The second-order valence-electron chi connectivity index (χ2n) is 3.00. The molecule has 2 nitrogen and oxygen atoms in total. The van der Waals surface area contributed by atoms with E-state index >= 15 is 0 Å². The van der Waals surface area contributed by atoms with Gasteiger partial charge in [0.05, 0.1) is 6.61 Å². The smallest absolute Gasteiger partial charge is 0.165 e. The second kappa shape index (κ2) is 4.96. The van der Waals surface area contributed by atoms with Gasteiger partial charge in [-0.15, -0.1) is 0 Å². The summed E-state index contributed by atoms with van der Waals surface area (Å²) >= 11 is 0. The van der Waals surface area contributed by atoms with Gasteiger partial charge in [0.25, 0.3) is 0 Å². The van der Waals surface area contributed by atoms with Crippen LogP contribution in [0.15, 0.2) is 18.2 Å². The lowest BCUT2D eigenvalue weighted by Crippen LogP contribution is -2.01. The van der Waals surface area contributed by atoms with Gasteiger partial charge in [-0.2, -0.15) is 0 Å². The summed E-state index contributed by atoms with van der Waals surface area (Å²) in [5.74, 6) is -0.465. The van der Waals surface area contributed by atoms with Crippen molar-refractivity contribution in [3.63, 3.8) is 0 Å². The van der Waals surface area contributed by atoms with Gasteiger partial charge < -0.3 is 9.84 Å². The molecule has 3 heteroatoms. The van der Waals surface area contributed by atoms with Gasteiger partial charge in [-0.1, -0.05) is 6.07 Å². The minimum Gasteiger partial charge on any atom is -0.491 e. The number of hydrogen-bond acceptors (Lipinski definition) is 2. The van der Waals surface area contributed by atoms with E-state index in [1.165, 1.54) is 6.07 Å². The number of aliphatic hydroxyl groups is 1. The van der Waals surface area contributed by atoms with Gasteiger partial charge in [0.15, 0.2) is 11.6 Å². The molecule has 0 bridgehead atoms. The molecule has 1 aromatic rings. The molecule has 1 aromatic carbocycles. The molecule has 0 aromatic heterocycles. The zero-order valence-corrected chi connectivity index (χ0v) is 8.16. The highest BCUT2D eigenvalue weighted by atomic mass is 19.1.